The predicted octanol–water partition coefficient (Wildman–Crippen LogP) is 2.89. The summed E-state index contributed by atoms with van der Waals surface area (Å²) in [6.07, 6.45) is -5.87. The van der Waals surface area contributed by atoms with Crippen molar-refractivity contribution in [2.75, 3.05) is 11.6 Å². The van der Waals surface area contributed by atoms with Crippen molar-refractivity contribution in [2.45, 2.75) is 25.2 Å². The fourth-order valence-electron chi connectivity index (χ4n) is 2.44. The molecular weight excluding hydrogens is 387 g/mol. The van der Waals surface area contributed by atoms with Crippen molar-refractivity contribution >= 4 is 28.1 Å². The van der Waals surface area contributed by atoms with E-state index in [4.69, 9.17) is 4.74 Å². The Kier molecular flexibility index (Phi) is 4.82. The second kappa shape index (κ2) is 6.82. The summed E-state index contributed by atoms with van der Waals surface area (Å²) in [5.41, 5.74) is -3.22. The monoisotopic (exact) mass is 401 g/mol. The van der Waals surface area contributed by atoms with Crippen molar-refractivity contribution in [1.29, 1.82) is 0 Å². The second-order valence-corrected chi connectivity index (χ2v) is 6.47. The Morgan fingerprint density at radius 3 is 2.63 bits per heavy atom. The lowest BCUT2D eigenvalue weighted by Gasteiger charge is -2.32. The van der Waals surface area contributed by atoms with Crippen LogP contribution in [-0.4, -0.2) is 45.4 Å². The largest absolute Gasteiger partial charge is 0.508 e. The third-order valence-corrected chi connectivity index (χ3v) is 4.61. The van der Waals surface area contributed by atoms with Gasteiger partial charge in [-0.15, -0.1) is 11.3 Å². The number of anilines is 1. The van der Waals surface area contributed by atoms with Crippen LogP contribution in [-0.2, 0) is 4.74 Å². The van der Waals surface area contributed by atoms with Crippen LogP contribution < -0.4 is 5.01 Å². The molecule has 27 heavy (non-hydrogen) atoms. The number of aliphatic hydroxyl groups is 1. The molecule has 0 spiro atoms. The van der Waals surface area contributed by atoms with Crippen LogP contribution in [0.5, 0.6) is 5.75 Å². The van der Waals surface area contributed by atoms with Crippen LogP contribution in [0.1, 0.15) is 29.4 Å². The van der Waals surface area contributed by atoms with E-state index in [2.05, 4.69) is 10.1 Å². The molecule has 0 amide bonds. The molecule has 2 aromatic rings. The Balaban J connectivity index is 2.01. The number of thiazole rings is 1. The fourth-order valence-corrected chi connectivity index (χ4v) is 3.25. The minimum Gasteiger partial charge on any atom is -0.508 e. The molecule has 3 rings (SSSR count). The zero-order valence-electron chi connectivity index (χ0n) is 13.9. The minimum absolute atomic E-state index is 0.0392. The van der Waals surface area contributed by atoms with Crippen molar-refractivity contribution < 1.29 is 32.9 Å². The predicted molar refractivity (Wildman–Crippen MR) is 90.8 cm³/mol. The van der Waals surface area contributed by atoms with Gasteiger partial charge in [0.15, 0.2) is 5.69 Å². The van der Waals surface area contributed by atoms with E-state index in [0.29, 0.717) is 10.6 Å². The van der Waals surface area contributed by atoms with Gasteiger partial charge in [-0.1, -0.05) is 0 Å². The first-order chi connectivity index (χ1) is 12.7. The number of aromatic nitrogens is 1. The topological polar surface area (TPSA) is 95.2 Å². The Hall–Kier alpha value is -2.66. The quantitative estimate of drug-likeness (QED) is 0.765. The Morgan fingerprint density at radius 1 is 1.37 bits per heavy atom. The molecule has 1 aliphatic rings. The Bertz CT molecular complexity index is 882. The number of nitrogens with zero attached hydrogens (tertiary/aromatic N) is 3. The van der Waals surface area contributed by atoms with Gasteiger partial charge >= 0.3 is 12.1 Å². The summed E-state index contributed by atoms with van der Waals surface area (Å²) in [5, 5.41) is 24.9. The number of hydrogen-bond donors (Lipinski definition) is 2. The second-order valence-electron chi connectivity index (χ2n) is 5.63. The maximum absolute atomic E-state index is 13.6. The van der Waals surface area contributed by atoms with Gasteiger partial charge in [-0.25, -0.2) is 9.78 Å². The third-order valence-electron chi connectivity index (χ3n) is 3.80. The van der Waals surface area contributed by atoms with Crippen LogP contribution in [0, 0.1) is 0 Å². The molecule has 0 aliphatic carbocycles. The SMILES string of the molecule is CCOC(=O)c1csc(N2N=C(c3ccc(O)cc3)CC2(O)C(F)(F)F)n1. The lowest BCUT2D eigenvalue weighted by molar-refractivity contribution is -0.254. The molecule has 1 unspecified atom stereocenters. The fraction of sp³-hybridized carbons (Fsp3) is 0.312. The van der Waals surface area contributed by atoms with E-state index in [-0.39, 0.29) is 28.9 Å². The van der Waals surface area contributed by atoms with Crippen LogP contribution in [0.2, 0.25) is 0 Å². The number of aromatic hydroxyl groups is 1. The molecule has 7 nitrogen and oxygen atoms in total. The lowest BCUT2D eigenvalue weighted by Crippen LogP contribution is -2.55. The number of alkyl halides is 3. The summed E-state index contributed by atoms with van der Waals surface area (Å²) in [6.45, 7) is 1.67. The van der Waals surface area contributed by atoms with Crippen LogP contribution in [0.15, 0.2) is 34.7 Å². The van der Waals surface area contributed by atoms with Gasteiger partial charge in [0.25, 0.3) is 5.72 Å². The molecule has 1 aromatic carbocycles. The maximum Gasteiger partial charge on any atom is 0.438 e. The highest BCUT2D eigenvalue weighted by molar-refractivity contribution is 7.14. The molecule has 2 heterocycles. The molecular formula is C16H14F3N3O4S. The molecule has 11 heteroatoms. The van der Waals surface area contributed by atoms with Crippen LogP contribution in [0.3, 0.4) is 0 Å². The van der Waals surface area contributed by atoms with E-state index in [1.165, 1.54) is 29.6 Å². The zero-order valence-corrected chi connectivity index (χ0v) is 14.7. The average Bonchev–Trinajstić information content (AvgIpc) is 3.20. The van der Waals surface area contributed by atoms with E-state index < -0.39 is 24.3 Å². The average molecular weight is 401 g/mol. The summed E-state index contributed by atoms with van der Waals surface area (Å²) in [4.78, 5) is 15.5. The number of rotatable bonds is 4. The number of ether oxygens (including phenoxy) is 1. The molecule has 0 saturated carbocycles. The molecule has 1 aromatic heterocycles. The van der Waals surface area contributed by atoms with Gasteiger partial charge in [-0.3, -0.25) is 0 Å². The minimum atomic E-state index is -5.04. The number of hydrogen-bond acceptors (Lipinski definition) is 8. The van der Waals surface area contributed by atoms with Gasteiger partial charge in [0.05, 0.1) is 18.7 Å². The van der Waals surface area contributed by atoms with Gasteiger partial charge in [-0.2, -0.15) is 23.3 Å². The first-order valence-electron chi connectivity index (χ1n) is 7.74. The summed E-state index contributed by atoms with van der Waals surface area (Å²) in [5.74, 6) is -0.836. The van der Waals surface area contributed by atoms with E-state index in [0.717, 1.165) is 11.3 Å². The first-order valence-corrected chi connectivity index (χ1v) is 8.62. The third kappa shape index (κ3) is 3.47. The summed E-state index contributed by atoms with van der Waals surface area (Å²) in [6, 6.07) is 5.38. The van der Waals surface area contributed by atoms with Crippen molar-refractivity contribution in [1.82, 2.24) is 4.98 Å². The number of esters is 1. The Labute approximate surface area is 155 Å². The number of halogens is 3. The molecule has 1 aliphatic heterocycles. The summed E-state index contributed by atoms with van der Waals surface area (Å²) in [7, 11) is 0. The Morgan fingerprint density at radius 2 is 2.04 bits per heavy atom. The highest BCUT2D eigenvalue weighted by Crippen LogP contribution is 2.44. The number of phenolic OH excluding ortho intramolecular Hbond substituents is 1. The smallest absolute Gasteiger partial charge is 0.438 e. The molecule has 0 fully saturated rings. The molecule has 1 atom stereocenters. The van der Waals surface area contributed by atoms with E-state index in [9.17, 15) is 28.2 Å². The van der Waals surface area contributed by atoms with E-state index in [1.807, 2.05) is 0 Å². The van der Waals surface area contributed by atoms with Crippen molar-refractivity contribution in [2.24, 2.45) is 5.10 Å². The molecule has 0 saturated heterocycles. The lowest BCUT2D eigenvalue weighted by atomic mass is 10.0. The van der Waals surface area contributed by atoms with E-state index >= 15 is 0 Å². The normalized spacial score (nSPS) is 19.9. The molecule has 0 bridgehead atoms. The van der Waals surface area contributed by atoms with Gasteiger partial charge in [0.2, 0.25) is 5.13 Å². The number of hydrazone groups is 1. The standard InChI is InChI=1S/C16H14F3N3O4S/c1-2-26-13(24)12-8-27-14(20-12)22-15(25,16(17,18)19)7-11(21-22)9-3-5-10(23)6-4-9/h3-6,8,23,25H,2,7H2,1H3. The van der Waals surface area contributed by atoms with Crippen molar-refractivity contribution in [3.05, 3.63) is 40.9 Å². The van der Waals surface area contributed by atoms with Crippen LogP contribution >= 0.6 is 11.3 Å². The van der Waals surface area contributed by atoms with Crippen LogP contribution in [0.4, 0.5) is 18.3 Å². The van der Waals surface area contributed by atoms with Gasteiger partial charge < -0.3 is 14.9 Å². The zero-order chi connectivity index (χ0) is 19.8. The summed E-state index contributed by atoms with van der Waals surface area (Å²) < 4.78 is 45.6. The number of carbonyl (C=O) groups excluding carboxylic acids is 1. The number of phenols is 1. The highest BCUT2D eigenvalue weighted by atomic mass is 32.1. The van der Waals surface area contributed by atoms with Crippen molar-refractivity contribution in [3.63, 3.8) is 0 Å². The summed E-state index contributed by atoms with van der Waals surface area (Å²) >= 11 is 0.726. The maximum atomic E-state index is 13.6. The van der Waals surface area contributed by atoms with Crippen LogP contribution in [0.25, 0.3) is 0 Å². The van der Waals surface area contributed by atoms with Crippen molar-refractivity contribution in [3.8, 4) is 5.75 Å². The van der Waals surface area contributed by atoms with Gasteiger partial charge in [0.1, 0.15) is 5.75 Å². The van der Waals surface area contributed by atoms with Gasteiger partial charge in [0, 0.05) is 5.38 Å². The molecule has 144 valence electrons. The number of carbonyl (C=O) groups is 1. The number of benzene rings is 1. The van der Waals surface area contributed by atoms with Gasteiger partial charge in [-0.05, 0) is 36.8 Å². The highest BCUT2D eigenvalue weighted by Gasteiger charge is 2.62. The first kappa shape index (κ1) is 19.1. The van der Waals surface area contributed by atoms with E-state index in [1.54, 1.807) is 6.92 Å². The molecule has 0 radical (unpaired) electrons. The molecule has 2 N–H and O–H groups in total.